The first-order valence-corrected chi connectivity index (χ1v) is 8.88. The molecule has 0 aliphatic heterocycles. The van der Waals surface area contributed by atoms with Crippen molar-refractivity contribution < 1.29 is 4.74 Å². The molecule has 0 saturated heterocycles. The number of ether oxygens (including phenoxy) is 1. The molecule has 0 spiro atoms. The molecule has 0 unspecified atom stereocenters. The summed E-state index contributed by atoms with van der Waals surface area (Å²) in [5.74, 6) is 0.933. The lowest BCUT2D eigenvalue weighted by Crippen LogP contribution is -1.97. The number of hydrogen-bond donors (Lipinski definition) is 0. The fourth-order valence-electron chi connectivity index (χ4n) is 2.05. The van der Waals surface area contributed by atoms with Crippen LogP contribution in [0, 0.1) is 3.57 Å². The zero-order valence-electron chi connectivity index (χ0n) is 13.0. The lowest BCUT2D eigenvalue weighted by molar-refractivity contribution is 0.305. The van der Waals surface area contributed by atoms with Gasteiger partial charge in [-0.3, -0.25) is 4.99 Å². The first-order valence-electron chi connectivity index (χ1n) is 7.80. The van der Waals surface area contributed by atoms with Crippen LogP contribution in [0.25, 0.3) is 0 Å². The highest BCUT2D eigenvalue weighted by molar-refractivity contribution is 14.1. The van der Waals surface area contributed by atoms with E-state index in [0.29, 0.717) is 0 Å². The molecule has 0 heterocycles. The summed E-state index contributed by atoms with van der Waals surface area (Å²) in [7, 11) is 0. The zero-order chi connectivity index (χ0) is 15.6. The van der Waals surface area contributed by atoms with Crippen LogP contribution in [0.3, 0.4) is 0 Å². The van der Waals surface area contributed by atoms with E-state index in [9.17, 15) is 0 Å². The zero-order valence-corrected chi connectivity index (χ0v) is 15.1. The van der Waals surface area contributed by atoms with E-state index >= 15 is 0 Å². The smallest absolute Gasteiger partial charge is 0.119 e. The largest absolute Gasteiger partial charge is 0.494 e. The van der Waals surface area contributed by atoms with Crippen LogP contribution >= 0.6 is 22.6 Å². The van der Waals surface area contributed by atoms with Crippen LogP contribution in [0.1, 0.15) is 38.2 Å². The maximum atomic E-state index is 5.74. The summed E-state index contributed by atoms with van der Waals surface area (Å²) in [5, 5.41) is 0. The van der Waals surface area contributed by atoms with Gasteiger partial charge >= 0.3 is 0 Å². The quantitative estimate of drug-likeness (QED) is 0.299. The second-order valence-electron chi connectivity index (χ2n) is 5.21. The molecule has 22 heavy (non-hydrogen) atoms. The van der Waals surface area contributed by atoms with Crippen molar-refractivity contribution >= 4 is 34.5 Å². The van der Waals surface area contributed by atoms with E-state index in [4.69, 9.17) is 4.74 Å². The fourth-order valence-corrected chi connectivity index (χ4v) is 2.40. The molecule has 0 radical (unpaired) electrons. The van der Waals surface area contributed by atoms with Crippen molar-refractivity contribution in [3.63, 3.8) is 0 Å². The van der Waals surface area contributed by atoms with Crippen LogP contribution in [0.4, 0.5) is 5.69 Å². The third kappa shape index (κ3) is 6.18. The summed E-state index contributed by atoms with van der Waals surface area (Å²) in [5.41, 5.74) is 2.05. The maximum Gasteiger partial charge on any atom is 0.119 e. The van der Waals surface area contributed by atoms with E-state index in [2.05, 4.69) is 46.6 Å². The molecule has 0 aliphatic carbocycles. The Bertz CT molecular complexity index is 575. The Morgan fingerprint density at radius 2 is 1.68 bits per heavy atom. The second-order valence-corrected chi connectivity index (χ2v) is 6.46. The Hall–Kier alpha value is -1.36. The number of aliphatic imine (C=N–C) groups is 1. The predicted molar refractivity (Wildman–Crippen MR) is 102 cm³/mol. The van der Waals surface area contributed by atoms with Crippen LogP contribution < -0.4 is 4.74 Å². The van der Waals surface area contributed by atoms with Crippen molar-refractivity contribution in [2.24, 2.45) is 4.99 Å². The van der Waals surface area contributed by atoms with Crippen LogP contribution in [0.5, 0.6) is 5.75 Å². The number of rotatable bonds is 8. The topological polar surface area (TPSA) is 21.6 Å². The molecule has 0 amide bonds. The van der Waals surface area contributed by atoms with Crippen LogP contribution in [0.15, 0.2) is 53.5 Å². The molecule has 0 saturated carbocycles. The van der Waals surface area contributed by atoms with E-state index in [-0.39, 0.29) is 0 Å². The van der Waals surface area contributed by atoms with Crippen LogP contribution in [0.2, 0.25) is 0 Å². The SMILES string of the molecule is CCCCCCOc1ccc(C=Nc2ccc(I)cc2)cc1. The Labute approximate surface area is 146 Å². The number of unbranched alkanes of at least 4 members (excludes halogenated alkanes) is 3. The van der Waals surface area contributed by atoms with Crippen molar-refractivity contribution in [2.75, 3.05) is 6.61 Å². The van der Waals surface area contributed by atoms with Gasteiger partial charge in [0, 0.05) is 9.78 Å². The van der Waals surface area contributed by atoms with Gasteiger partial charge in [-0.05, 0) is 83.1 Å². The van der Waals surface area contributed by atoms with Gasteiger partial charge in [-0.25, -0.2) is 0 Å². The monoisotopic (exact) mass is 407 g/mol. The average molecular weight is 407 g/mol. The van der Waals surface area contributed by atoms with E-state index < -0.39 is 0 Å². The van der Waals surface area contributed by atoms with Gasteiger partial charge in [-0.1, -0.05) is 26.2 Å². The van der Waals surface area contributed by atoms with Gasteiger partial charge in [0.1, 0.15) is 5.75 Å². The highest BCUT2D eigenvalue weighted by Gasteiger charge is 1.95. The maximum absolute atomic E-state index is 5.74. The van der Waals surface area contributed by atoms with Gasteiger partial charge in [0.25, 0.3) is 0 Å². The van der Waals surface area contributed by atoms with Crippen LogP contribution in [-0.2, 0) is 0 Å². The van der Waals surface area contributed by atoms with E-state index in [1.165, 1.54) is 22.8 Å². The van der Waals surface area contributed by atoms with Crippen LogP contribution in [-0.4, -0.2) is 12.8 Å². The predicted octanol–water partition coefficient (Wildman–Crippen LogP) is 6.00. The molecule has 0 bridgehead atoms. The number of benzene rings is 2. The number of nitrogens with zero attached hydrogens (tertiary/aromatic N) is 1. The molecule has 3 heteroatoms. The summed E-state index contributed by atoms with van der Waals surface area (Å²) in [4.78, 5) is 4.47. The van der Waals surface area contributed by atoms with E-state index in [1.54, 1.807) is 0 Å². The van der Waals surface area contributed by atoms with Crippen molar-refractivity contribution in [3.8, 4) is 5.75 Å². The van der Waals surface area contributed by atoms with Crippen molar-refractivity contribution in [2.45, 2.75) is 32.6 Å². The number of halogens is 1. The molecule has 0 aliphatic rings. The lowest BCUT2D eigenvalue weighted by Gasteiger charge is -2.05. The van der Waals surface area contributed by atoms with Gasteiger partial charge in [0.15, 0.2) is 0 Å². The fraction of sp³-hybridized carbons (Fsp3) is 0.316. The second kappa shape index (κ2) is 9.62. The molecule has 0 fully saturated rings. The van der Waals surface area contributed by atoms with Crippen molar-refractivity contribution in [1.82, 2.24) is 0 Å². The molecule has 2 aromatic carbocycles. The Balaban J connectivity index is 1.82. The average Bonchev–Trinajstić information content (AvgIpc) is 2.55. The molecular weight excluding hydrogens is 385 g/mol. The lowest BCUT2D eigenvalue weighted by atomic mass is 10.2. The van der Waals surface area contributed by atoms with E-state index in [0.717, 1.165) is 30.0 Å². The Morgan fingerprint density at radius 3 is 2.36 bits per heavy atom. The van der Waals surface area contributed by atoms with Gasteiger partial charge in [0.05, 0.1) is 12.3 Å². The molecule has 2 rings (SSSR count). The summed E-state index contributed by atoms with van der Waals surface area (Å²) < 4.78 is 6.96. The summed E-state index contributed by atoms with van der Waals surface area (Å²) >= 11 is 2.29. The third-order valence-corrected chi connectivity index (χ3v) is 4.06. The van der Waals surface area contributed by atoms with Crippen molar-refractivity contribution in [1.29, 1.82) is 0 Å². The normalized spacial score (nSPS) is 11.0. The Morgan fingerprint density at radius 1 is 0.955 bits per heavy atom. The highest BCUT2D eigenvalue weighted by atomic mass is 127. The minimum Gasteiger partial charge on any atom is -0.494 e. The third-order valence-electron chi connectivity index (χ3n) is 3.34. The molecule has 0 aromatic heterocycles. The first-order chi connectivity index (χ1) is 10.8. The first kappa shape index (κ1) is 17.0. The Kier molecular flexibility index (Phi) is 7.43. The minimum atomic E-state index is 0.802. The molecule has 2 aromatic rings. The van der Waals surface area contributed by atoms with Gasteiger partial charge < -0.3 is 4.74 Å². The molecule has 116 valence electrons. The van der Waals surface area contributed by atoms with Gasteiger partial charge in [-0.2, -0.15) is 0 Å². The molecule has 0 atom stereocenters. The minimum absolute atomic E-state index is 0.802. The van der Waals surface area contributed by atoms with Crippen molar-refractivity contribution in [3.05, 3.63) is 57.7 Å². The highest BCUT2D eigenvalue weighted by Crippen LogP contribution is 2.16. The van der Waals surface area contributed by atoms with Gasteiger partial charge in [0.2, 0.25) is 0 Å². The molecule has 0 N–H and O–H groups in total. The molecule has 2 nitrogen and oxygen atoms in total. The van der Waals surface area contributed by atoms with E-state index in [1.807, 2.05) is 42.6 Å². The molecular formula is C19H22INO. The standard InChI is InChI=1S/C19H22INO/c1-2-3-4-5-14-22-19-12-6-16(7-13-19)15-21-18-10-8-17(20)9-11-18/h6-13,15H,2-5,14H2,1H3. The summed E-state index contributed by atoms with van der Waals surface area (Å²) in [6.07, 6.45) is 6.81. The summed E-state index contributed by atoms with van der Waals surface area (Å²) in [6.45, 7) is 3.02. The van der Waals surface area contributed by atoms with Gasteiger partial charge in [-0.15, -0.1) is 0 Å². The number of hydrogen-bond acceptors (Lipinski definition) is 2. The summed E-state index contributed by atoms with van der Waals surface area (Å²) in [6, 6.07) is 16.3.